The van der Waals surface area contributed by atoms with Crippen molar-refractivity contribution in [1.29, 1.82) is 0 Å². The maximum atomic E-state index is 14.9. The lowest BCUT2D eigenvalue weighted by molar-refractivity contribution is -0.164. The lowest BCUT2D eigenvalue weighted by Gasteiger charge is -2.20. The number of aryl methyl sites for hydroxylation is 1. The zero-order valence-corrected chi connectivity index (χ0v) is 19.9. The molecule has 0 aliphatic carbocycles. The second kappa shape index (κ2) is 13.5. The summed E-state index contributed by atoms with van der Waals surface area (Å²) in [6, 6.07) is 15.7. The van der Waals surface area contributed by atoms with Gasteiger partial charge in [-0.2, -0.15) is 0 Å². The van der Waals surface area contributed by atoms with Crippen molar-refractivity contribution in [1.82, 2.24) is 5.32 Å². The predicted octanol–water partition coefficient (Wildman–Crippen LogP) is 5.99. The first-order valence-corrected chi connectivity index (χ1v) is 11.8. The number of carboxylic acids is 2. The van der Waals surface area contributed by atoms with E-state index in [0.717, 1.165) is 42.4 Å². The van der Waals surface area contributed by atoms with Crippen molar-refractivity contribution < 1.29 is 24.2 Å². The predicted molar refractivity (Wildman–Crippen MR) is 132 cm³/mol. The van der Waals surface area contributed by atoms with Crippen LogP contribution in [0.15, 0.2) is 48.5 Å². The number of carbonyl (C=O) groups is 2. The van der Waals surface area contributed by atoms with Crippen LogP contribution in [0.5, 0.6) is 0 Å². The summed E-state index contributed by atoms with van der Waals surface area (Å²) in [7, 11) is 0. The fourth-order valence-corrected chi connectivity index (χ4v) is 3.82. The van der Waals surface area contributed by atoms with Crippen LogP contribution >= 0.6 is 0 Å². The first-order chi connectivity index (χ1) is 16.4. The number of alkyl halides is 1. The summed E-state index contributed by atoms with van der Waals surface area (Å²) in [4.78, 5) is 22.8. The molecule has 0 spiro atoms. The minimum absolute atomic E-state index is 0.0214. The van der Waals surface area contributed by atoms with Gasteiger partial charge in [0.2, 0.25) is 0 Å². The summed E-state index contributed by atoms with van der Waals surface area (Å²) in [5, 5.41) is 21.3. The Morgan fingerprint density at radius 3 is 2.32 bits per heavy atom. The molecule has 182 valence electrons. The van der Waals surface area contributed by atoms with Crippen LogP contribution in [0.25, 0.3) is 11.1 Å². The molecule has 3 N–H and O–H groups in total. The van der Waals surface area contributed by atoms with Gasteiger partial charge < -0.3 is 10.2 Å². The second-order valence-electron chi connectivity index (χ2n) is 8.41. The zero-order chi connectivity index (χ0) is 25.0. The van der Waals surface area contributed by atoms with Crippen molar-refractivity contribution >= 4 is 11.9 Å². The Labute approximate surface area is 201 Å². The number of benzene rings is 2. The summed E-state index contributed by atoms with van der Waals surface area (Å²) in [6.45, 7) is 3.65. The van der Waals surface area contributed by atoms with Crippen molar-refractivity contribution in [3.05, 3.63) is 59.7 Å². The maximum absolute atomic E-state index is 14.9. The Morgan fingerprint density at radius 2 is 1.71 bits per heavy atom. The van der Waals surface area contributed by atoms with E-state index >= 15 is 0 Å². The molecule has 0 heterocycles. The van der Waals surface area contributed by atoms with E-state index in [1.165, 1.54) is 13.3 Å². The van der Waals surface area contributed by atoms with Gasteiger partial charge in [-0.1, -0.05) is 87.6 Å². The molecule has 1 unspecified atom stereocenters. The highest BCUT2D eigenvalue weighted by molar-refractivity contribution is 5.98. The van der Waals surface area contributed by atoms with E-state index in [0.29, 0.717) is 5.56 Å². The standard InChI is InChI=1S/C28H34FNO4/c1-3-5-6-8-15-22-20-23(16-17-24(22)21-13-9-7-10-14-21)25(29)30-19-12-11-18-28(4-2,26(31)32)27(33)34/h7,9-10,13-14,16-17,20,25,30H,3-6,8,15,18-19H2,1-2H3,(H,31,32)(H,33,34). The molecular formula is C28H34FNO4. The Kier molecular flexibility index (Phi) is 10.8. The molecule has 0 amide bonds. The minimum Gasteiger partial charge on any atom is -0.480 e. The molecule has 2 aromatic rings. The Bertz CT molecular complexity index is 996. The first kappa shape index (κ1) is 27.1. The quantitative estimate of drug-likeness (QED) is 0.146. The van der Waals surface area contributed by atoms with E-state index in [2.05, 4.69) is 36.2 Å². The van der Waals surface area contributed by atoms with Gasteiger partial charge in [-0.25, -0.2) is 4.39 Å². The van der Waals surface area contributed by atoms with Crippen LogP contribution in [0.1, 0.15) is 69.8 Å². The monoisotopic (exact) mass is 467 g/mol. The number of nitrogens with one attached hydrogen (secondary N) is 1. The van der Waals surface area contributed by atoms with Crippen molar-refractivity contribution in [2.24, 2.45) is 5.41 Å². The molecule has 6 heteroatoms. The summed E-state index contributed by atoms with van der Waals surface area (Å²) >= 11 is 0. The fraction of sp³-hybridized carbons (Fsp3) is 0.429. The van der Waals surface area contributed by atoms with Crippen molar-refractivity contribution in [3.8, 4) is 23.0 Å². The Balaban J connectivity index is 2.09. The molecule has 0 saturated heterocycles. The molecule has 0 aliphatic heterocycles. The zero-order valence-electron chi connectivity index (χ0n) is 19.9. The van der Waals surface area contributed by atoms with Gasteiger partial charge in [0.25, 0.3) is 0 Å². The van der Waals surface area contributed by atoms with Gasteiger partial charge >= 0.3 is 11.9 Å². The van der Waals surface area contributed by atoms with Crippen LogP contribution < -0.4 is 5.32 Å². The average molecular weight is 468 g/mol. The lowest BCUT2D eigenvalue weighted by atomic mass is 9.82. The van der Waals surface area contributed by atoms with Gasteiger partial charge in [-0.3, -0.25) is 14.9 Å². The van der Waals surface area contributed by atoms with Crippen LogP contribution in [0.3, 0.4) is 0 Å². The number of hydrogen-bond acceptors (Lipinski definition) is 3. The number of aliphatic carboxylic acids is 2. The first-order valence-electron chi connectivity index (χ1n) is 11.8. The molecule has 0 aliphatic rings. The van der Waals surface area contributed by atoms with E-state index in [9.17, 15) is 24.2 Å². The van der Waals surface area contributed by atoms with Crippen molar-refractivity contribution in [3.63, 3.8) is 0 Å². The van der Waals surface area contributed by atoms with E-state index in [1.807, 2.05) is 30.3 Å². The van der Waals surface area contributed by atoms with E-state index in [4.69, 9.17) is 0 Å². The second-order valence-corrected chi connectivity index (χ2v) is 8.41. The number of hydrogen-bond donors (Lipinski definition) is 3. The third-order valence-corrected chi connectivity index (χ3v) is 6.11. The molecule has 0 saturated carbocycles. The summed E-state index contributed by atoms with van der Waals surface area (Å²) < 4.78 is 14.9. The average Bonchev–Trinajstić information content (AvgIpc) is 2.84. The molecule has 5 nitrogen and oxygen atoms in total. The SMILES string of the molecule is CCCCCCc1cc(C(F)NCC#CCC(CC)(C(=O)O)C(=O)O)ccc1-c1ccccc1. The van der Waals surface area contributed by atoms with Crippen LogP contribution in [0.4, 0.5) is 4.39 Å². The minimum atomic E-state index is -1.94. The van der Waals surface area contributed by atoms with E-state index in [-0.39, 0.29) is 19.4 Å². The van der Waals surface area contributed by atoms with Crippen LogP contribution in [-0.4, -0.2) is 28.7 Å². The molecule has 0 radical (unpaired) electrons. The number of unbranched alkanes of at least 4 members (excludes halogenated alkanes) is 3. The molecular weight excluding hydrogens is 433 g/mol. The van der Waals surface area contributed by atoms with Gasteiger partial charge in [0.05, 0.1) is 6.54 Å². The normalized spacial score (nSPS) is 12.0. The van der Waals surface area contributed by atoms with Gasteiger partial charge in [-0.15, -0.1) is 5.92 Å². The molecule has 0 bridgehead atoms. The molecule has 0 aromatic heterocycles. The van der Waals surface area contributed by atoms with E-state index in [1.54, 1.807) is 6.07 Å². The van der Waals surface area contributed by atoms with Crippen molar-refractivity contribution in [2.45, 2.75) is 65.1 Å². The highest BCUT2D eigenvalue weighted by Gasteiger charge is 2.44. The van der Waals surface area contributed by atoms with Crippen LogP contribution in [-0.2, 0) is 16.0 Å². The van der Waals surface area contributed by atoms with Gasteiger partial charge in [0, 0.05) is 12.0 Å². The molecule has 2 rings (SSSR count). The summed E-state index contributed by atoms with van der Waals surface area (Å²) in [5.74, 6) is 2.41. The lowest BCUT2D eigenvalue weighted by Crippen LogP contribution is -2.38. The third kappa shape index (κ3) is 7.16. The van der Waals surface area contributed by atoms with Gasteiger partial charge in [0.15, 0.2) is 11.7 Å². The Morgan fingerprint density at radius 1 is 1.00 bits per heavy atom. The summed E-state index contributed by atoms with van der Waals surface area (Å²) in [5.41, 5.74) is 1.87. The largest absolute Gasteiger partial charge is 0.480 e. The maximum Gasteiger partial charge on any atom is 0.322 e. The highest BCUT2D eigenvalue weighted by Crippen LogP contribution is 2.29. The third-order valence-electron chi connectivity index (χ3n) is 6.11. The van der Waals surface area contributed by atoms with Gasteiger partial charge in [-0.05, 0) is 36.0 Å². The molecule has 2 aromatic carbocycles. The van der Waals surface area contributed by atoms with Crippen molar-refractivity contribution in [2.75, 3.05) is 6.54 Å². The molecule has 1 atom stereocenters. The topological polar surface area (TPSA) is 86.6 Å². The number of carboxylic acid groups (broad SMARTS) is 2. The summed E-state index contributed by atoms with van der Waals surface area (Å²) in [6.07, 6.45) is 3.52. The molecule has 34 heavy (non-hydrogen) atoms. The highest BCUT2D eigenvalue weighted by atomic mass is 19.1. The number of halogens is 1. The fourth-order valence-electron chi connectivity index (χ4n) is 3.82. The van der Waals surface area contributed by atoms with Crippen LogP contribution in [0.2, 0.25) is 0 Å². The van der Waals surface area contributed by atoms with E-state index < -0.39 is 23.6 Å². The van der Waals surface area contributed by atoms with Crippen LogP contribution in [0, 0.1) is 17.3 Å². The molecule has 0 fully saturated rings. The number of rotatable bonds is 13. The Hall–Kier alpha value is -3.17. The van der Waals surface area contributed by atoms with Gasteiger partial charge in [0.1, 0.15) is 0 Å². The smallest absolute Gasteiger partial charge is 0.322 e.